The Morgan fingerprint density at radius 3 is 1.78 bits per heavy atom. The zero-order chi connectivity index (χ0) is 13.7. The monoisotopic (exact) mass is 264 g/mol. The predicted molar refractivity (Wildman–Crippen MR) is 60.1 cm³/mol. The summed E-state index contributed by atoms with van der Waals surface area (Å²) in [7, 11) is 7.23. The van der Waals surface area contributed by atoms with E-state index < -0.39 is 36.7 Å². The molecule has 0 saturated carbocycles. The number of esters is 1. The molecule has 0 aromatic heterocycles. The lowest BCUT2D eigenvalue weighted by atomic mass is 9.98. The van der Waals surface area contributed by atoms with Crippen molar-refractivity contribution in [2.24, 2.45) is 0 Å². The van der Waals surface area contributed by atoms with Gasteiger partial charge < -0.3 is 28.4 Å². The third-order valence-corrected chi connectivity index (χ3v) is 2.98. The van der Waals surface area contributed by atoms with Gasteiger partial charge in [-0.15, -0.1) is 0 Å². The highest BCUT2D eigenvalue weighted by molar-refractivity contribution is 5.75. The summed E-state index contributed by atoms with van der Waals surface area (Å²) in [5.74, 6) is -0.541. The van der Waals surface area contributed by atoms with E-state index in [1.54, 1.807) is 0 Å². The van der Waals surface area contributed by atoms with Crippen LogP contribution in [0.15, 0.2) is 0 Å². The molecular formula is C11H20O7. The molecule has 1 saturated heterocycles. The first-order valence-electron chi connectivity index (χ1n) is 5.49. The number of carbonyl (C=O) groups is 1. The lowest BCUT2D eigenvalue weighted by molar-refractivity contribution is -0.299. The van der Waals surface area contributed by atoms with Gasteiger partial charge in [0.15, 0.2) is 12.4 Å². The number of ether oxygens (including phenoxy) is 6. The lowest BCUT2D eigenvalue weighted by Crippen LogP contribution is -2.62. The van der Waals surface area contributed by atoms with Gasteiger partial charge in [0, 0.05) is 28.4 Å². The molecule has 0 bridgehead atoms. The average molecular weight is 264 g/mol. The van der Waals surface area contributed by atoms with Gasteiger partial charge in [0.2, 0.25) is 0 Å². The molecule has 1 fully saturated rings. The molecule has 18 heavy (non-hydrogen) atoms. The van der Waals surface area contributed by atoms with Gasteiger partial charge in [0.25, 0.3) is 0 Å². The molecule has 0 radical (unpaired) electrons. The Bertz CT molecular complexity index is 270. The number of hydrogen-bond donors (Lipinski definition) is 0. The van der Waals surface area contributed by atoms with E-state index in [9.17, 15) is 4.79 Å². The minimum absolute atomic E-state index is 0.495. The van der Waals surface area contributed by atoms with Crippen LogP contribution in [0.4, 0.5) is 0 Å². The number of carbonyl (C=O) groups excluding carboxylic acids is 1. The Hall–Kier alpha value is -0.730. The minimum Gasteiger partial charge on any atom is -0.467 e. The van der Waals surface area contributed by atoms with Crippen LogP contribution in [0.1, 0.15) is 0 Å². The molecule has 0 aliphatic carbocycles. The Labute approximate surface area is 106 Å². The molecule has 0 aromatic carbocycles. The van der Waals surface area contributed by atoms with Gasteiger partial charge >= 0.3 is 5.97 Å². The molecule has 7 nitrogen and oxygen atoms in total. The molecule has 1 aliphatic rings. The maximum atomic E-state index is 11.7. The highest BCUT2D eigenvalue weighted by Crippen LogP contribution is 2.27. The van der Waals surface area contributed by atoms with Gasteiger partial charge in [-0.2, -0.15) is 0 Å². The number of rotatable bonds is 5. The van der Waals surface area contributed by atoms with Gasteiger partial charge in [0.1, 0.15) is 18.3 Å². The van der Waals surface area contributed by atoms with Crippen LogP contribution in [0, 0.1) is 0 Å². The summed E-state index contributed by atoms with van der Waals surface area (Å²) in [6, 6.07) is 0. The first-order valence-corrected chi connectivity index (χ1v) is 5.49. The summed E-state index contributed by atoms with van der Waals surface area (Å²) in [4.78, 5) is 11.7. The van der Waals surface area contributed by atoms with Crippen molar-refractivity contribution < 1.29 is 33.2 Å². The minimum atomic E-state index is -0.915. The SMILES string of the molecule is COC(=O)C1OC(OC)C(OC)C(OC)C1OC. The van der Waals surface area contributed by atoms with Crippen molar-refractivity contribution >= 4 is 5.97 Å². The maximum Gasteiger partial charge on any atom is 0.337 e. The summed E-state index contributed by atoms with van der Waals surface area (Å²) in [5.41, 5.74) is 0. The first kappa shape index (κ1) is 15.3. The Morgan fingerprint density at radius 1 is 0.833 bits per heavy atom. The summed E-state index contributed by atoms with van der Waals surface area (Å²) < 4.78 is 31.2. The van der Waals surface area contributed by atoms with Gasteiger partial charge in [0.05, 0.1) is 7.11 Å². The van der Waals surface area contributed by atoms with Gasteiger partial charge in [-0.3, -0.25) is 0 Å². The third kappa shape index (κ3) is 2.81. The maximum absolute atomic E-state index is 11.7. The van der Waals surface area contributed by atoms with E-state index in [0.29, 0.717) is 0 Å². The van der Waals surface area contributed by atoms with Crippen LogP contribution in [-0.2, 0) is 33.2 Å². The molecule has 0 spiro atoms. The van der Waals surface area contributed by atoms with Crippen molar-refractivity contribution in [2.75, 3.05) is 35.5 Å². The molecule has 106 valence electrons. The second kappa shape index (κ2) is 7.01. The van der Waals surface area contributed by atoms with E-state index in [-0.39, 0.29) is 0 Å². The molecule has 5 atom stereocenters. The average Bonchev–Trinajstić information content (AvgIpc) is 2.43. The van der Waals surface area contributed by atoms with Crippen LogP contribution < -0.4 is 0 Å². The van der Waals surface area contributed by atoms with Crippen LogP contribution in [0.25, 0.3) is 0 Å². The van der Waals surface area contributed by atoms with Crippen LogP contribution in [0.2, 0.25) is 0 Å². The normalized spacial score (nSPS) is 36.4. The highest BCUT2D eigenvalue weighted by atomic mass is 16.7. The van der Waals surface area contributed by atoms with Crippen LogP contribution in [-0.4, -0.2) is 72.2 Å². The molecule has 1 heterocycles. The van der Waals surface area contributed by atoms with Crippen LogP contribution in [0.5, 0.6) is 0 Å². The van der Waals surface area contributed by atoms with Crippen molar-refractivity contribution in [1.82, 2.24) is 0 Å². The van der Waals surface area contributed by atoms with E-state index in [2.05, 4.69) is 4.74 Å². The fourth-order valence-electron chi connectivity index (χ4n) is 2.08. The third-order valence-electron chi connectivity index (χ3n) is 2.98. The van der Waals surface area contributed by atoms with Crippen molar-refractivity contribution in [3.8, 4) is 0 Å². The molecule has 0 aromatic rings. The molecule has 0 amide bonds. The predicted octanol–water partition coefficient (Wildman–Crippen LogP) is -0.424. The molecular weight excluding hydrogens is 244 g/mol. The molecule has 7 heteroatoms. The van der Waals surface area contributed by atoms with Crippen LogP contribution >= 0.6 is 0 Å². The van der Waals surface area contributed by atoms with E-state index in [1.165, 1.54) is 35.5 Å². The standard InChI is InChI=1S/C11H20O7/c1-13-6-7(14-2)9(15-3)11(17-5)18-8(6)10(12)16-4/h6-9,11H,1-5H3. The summed E-state index contributed by atoms with van der Waals surface area (Å²) in [6.45, 7) is 0. The van der Waals surface area contributed by atoms with E-state index >= 15 is 0 Å². The van der Waals surface area contributed by atoms with E-state index in [4.69, 9.17) is 23.7 Å². The summed E-state index contributed by atoms with van der Waals surface area (Å²) >= 11 is 0. The van der Waals surface area contributed by atoms with Gasteiger partial charge in [-0.1, -0.05) is 0 Å². The topological polar surface area (TPSA) is 72.5 Å². The summed E-state index contributed by atoms with van der Waals surface area (Å²) in [5, 5.41) is 0. The van der Waals surface area contributed by atoms with E-state index in [0.717, 1.165) is 0 Å². The zero-order valence-corrected chi connectivity index (χ0v) is 11.2. The number of methoxy groups -OCH3 is 5. The zero-order valence-electron chi connectivity index (χ0n) is 11.2. The van der Waals surface area contributed by atoms with Gasteiger partial charge in [-0.25, -0.2) is 4.79 Å². The van der Waals surface area contributed by atoms with Crippen molar-refractivity contribution in [3.63, 3.8) is 0 Å². The Morgan fingerprint density at radius 2 is 1.39 bits per heavy atom. The number of hydrogen-bond acceptors (Lipinski definition) is 7. The van der Waals surface area contributed by atoms with Gasteiger partial charge in [-0.05, 0) is 0 Å². The van der Waals surface area contributed by atoms with E-state index in [1.807, 2.05) is 0 Å². The molecule has 1 rings (SSSR count). The molecule has 0 N–H and O–H groups in total. The second-order valence-electron chi connectivity index (χ2n) is 3.78. The molecule has 5 unspecified atom stereocenters. The summed E-state index contributed by atoms with van der Waals surface area (Å²) in [6.07, 6.45) is -3.26. The van der Waals surface area contributed by atoms with Crippen molar-refractivity contribution in [1.29, 1.82) is 0 Å². The lowest BCUT2D eigenvalue weighted by Gasteiger charge is -2.42. The van der Waals surface area contributed by atoms with Crippen LogP contribution in [0.3, 0.4) is 0 Å². The molecule has 1 aliphatic heterocycles. The first-order chi connectivity index (χ1) is 8.64. The highest BCUT2D eigenvalue weighted by Gasteiger charge is 2.50. The Balaban J connectivity index is 2.97. The second-order valence-corrected chi connectivity index (χ2v) is 3.78. The van der Waals surface area contributed by atoms with Crippen molar-refractivity contribution in [2.45, 2.75) is 30.7 Å². The van der Waals surface area contributed by atoms with Crippen molar-refractivity contribution in [3.05, 3.63) is 0 Å². The quantitative estimate of drug-likeness (QED) is 0.624. The smallest absolute Gasteiger partial charge is 0.337 e. The fourth-order valence-corrected chi connectivity index (χ4v) is 2.08. The fraction of sp³-hybridized carbons (Fsp3) is 0.909. The Kier molecular flexibility index (Phi) is 5.97. The largest absolute Gasteiger partial charge is 0.467 e.